The standard InChI is InChI=1S/C16H26N2O7/c1-16(2,3)24-15(22)18-13-9-11(6-8-23-13)10-17-25-12(14(20)21)5-4-7-19/h7,10-13H,4-6,8-9H2,1-3H3,(H,18,22)(H,20,21). The number of aldehydes is 1. The third kappa shape index (κ3) is 9.04. The Hall–Kier alpha value is -2.16. The highest BCUT2D eigenvalue weighted by atomic mass is 16.6. The van der Waals surface area contributed by atoms with Gasteiger partial charge in [-0.15, -0.1) is 0 Å². The molecule has 0 saturated carbocycles. The van der Waals surface area contributed by atoms with Gasteiger partial charge in [-0.1, -0.05) is 5.16 Å². The first-order chi connectivity index (χ1) is 11.7. The van der Waals surface area contributed by atoms with Crippen LogP contribution in [0, 0.1) is 5.92 Å². The second-order valence-electron chi connectivity index (χ2n) is 6.72. The molecule has 1 heterocycles. The van der Waals surface area contributed by atoms with Crippen LogP contribution in [-0.2, 0) is 23.9 Å². The Labute approximate surface area is 146 Å². The number of ether oxygens (including phenoxy) is 2. The number of alkyl carbamates (subject to hydrolysis) is 1. The molecule has 1 fully saturated rings. The fourth-order valence-electron chi connectivity index (χ4n) is 2.13. The number of nitrogens with one attached hydrogen (secondary N) is 1. The zero-order valence-electron chi connectivity index (χ0n) is 14.8. The van der Waals surface area contributed by atoms with Crippen molar-refractivity contribution >= 4 is 24.6 Å². The van der Waals surface area contributed by atoms with Gasteiger partial charge < -0.3 is 24.2 Å². The van der Waals surface area contributed by atoms with Crippen molar-refractivity contribution in [1.29, 1.82) is 0 Å². The molecule has 0 aromatic rings. The summed E-state index contributed by atoms with van der Waals surface area (Å²) in [4.78, 5) is 38.0. The highest BCUT2D eigenvalue weighted by Crippen LogP contribution is 2.18. The molecule has 142 valence electrons. The van der Waals surface area contributed by atoms with Gasteiger partial charge in [0.15, 0.2) is 0 Å². The number of aliphatic carboxylic acids is 1. The lowest BCUT2D eigenvalue weighted by molar-refractivity contribution is -0.150. The maximum Gasteiger partial charge on any atom is 0.409 e. The fourth-order valence-corrected chi connectivity index (χ4v) is 2.13. The number of rotatable bonds is 8. The third-order valence-electron chi connectivity index (χ3n) is 3.28. The van der Waals surface area contributed by atoms with Crippen LogP contribution in [-0.4, -0.2) is 54.2 Å². The van der Waals surface area contributed by atoms with Gasteiger partial charge >= 0.3 is 12.1 Å². The Morgan fingerprint density at radius 1 is 1.44 bits per heavy atom. The lowest BCUT2D eigenvalue weighted by Crippen LogP contribution is -2.44. The largest absolute Gasteiger partial charge is 0.478 e. The first kappa shape index (κ1) is 20.9. The number of hydrogen-bond acceptors (Lipinski definition) is 7. The number of oxime groups is 1. The molecule has 1 saturated heterocycles. The van der Waals surface area contributed by atoms with E-state index in [1.54, 1.807) is 20.8 Å². The average molecular weight is 358 g/mol. The van der Waals surface area contributed by atoms with Crippen molar-refractivity contribution in [3.63, 3.8) is 0 Å². The lowest BCUT2D eigenvalue weighted by atomic mass is 10.0. The molecule has 0 aromatic carbocycles. The number of nitrogens with zero attached hydrogens (tertiary/aromatic N) is 1. The summed E-state index contributed by atoms with van der Waals surface area (Å²) in [5.41, 5.74) is -0.596. The van der Waals surface area contributed by atoms with E-state index in [0.29, 0.717) is 25.7 Å². The monoisotopic (exact) mass is 358 g/mol. The van der Waals surface area contributed by atoms with E-state index in [1.165, 1.54) is 6.21 Å². The SMILES string of the molecule is CC(C)(C)OC(=O)NC1CC(C=NOC(CCC=O)C(=O)O)CCO1. The molecule has 3 unspecified atom stereocenters. The van der Waals surface area contributed by atoms with Crippen molar-refractivity contribution in [2.75, 3.05) is 6.61 Å². The zero-order valence-corrected chi connectivity index (χ0v) is 14.8. The van der Waals surface area contributed by atoms with E-state index in [2.05, 4.69) is 10.5 Å². The molecule has 0 aromatic heterocycles. The second kappa shape index (κ2) is 9.97. The Kier molecular flexibility index (Phi) is 8.33. The number of carbonyl (C=O) groups is 3. The Bertz CT molecular complexity index is 487. The molecule has 0 bridgehead atoms. The summed E-state index contributed by atoms with van der Waals surface area (Å²) in [6.07, 6.45) is 1.20. The molecule has 25 heavy (non-hydrogen) atoms. The summed E-state index contributed by atoms with van der Waals surface area (Å²) in [6, 6.07) is 0. The maximum atomic E-state index is 11.7. The summed E-state index contributed by atoms with van der Waals surface area (Å²) < 4.78 is 10.6. The molecule has 1 rings (SSSR count). The third-order valence-corrected chi connectivity index (χ3v) is 3.28. The van der Waals surface area contributed by atoms with Crippen molar-refractivity contribution in [2.24, 2.45) is 11.1 Å². The van der Waals surface area contributed by atoms with Crippen molar-refractivity contribution < 1.29 is 33.8 Å². The summed E-state index contributed by atoms with van der Waals surface area (Å²) in [6.45, 7) is 5.73. The Morgan fingerprint density at radius 2 is 2.16 bits per heavy atom. The van der Waals surface area contributed by atoms with Gasteiger partial charge in [0.1, 0.15) is 18.1 Å². The van der Waals surface area contributed by atoms with Crippen LogP contribution in [0.5, 0.6) is 0 Å². The predicted molar refractivity (Wildman–Crippen MR) is 88.1 cm³/mol. The fraction of sp³-hybridized carbons (Fsp3) is 0.750. The zero-order chi connectivity index (χ0) is 18.9. The number of carboxylic acid groups (broad SMARTS) is 1. The maximum absolute atomic E-state index is 11.7. The Morgan fingerprint density at radius 3 is 2.76 bits per heavy atom. The van der Waals surface area contributed by atoms with Crippen LogP contribution < -0.4 is 5.32 Å². The molecule has 3 atom stereocenters. The van der Waals surface area contributed by atoms with E-state index >= 15 is 0 Å². The normalized spacial score (nSPS) is 22.2. The summed E-state index contributed by atoms with van der Waals surface area (Å²) >= 11 is 0. The van der Waals surface area contributed by atoms with Crippen LogP contribution in [0.15, 0.2) is 5.16 Å². The number of hydrogen-bond donors (Lipinski definition) is 2. The summed E-state index contributed by atoms with van der Waals surface area (Å²) in [5.74, 6) is -1.20. The number of amides is 1. The molecule has 1 aliphatic heterocycles. The molecular formula is C16H26N2O7. The molecule has 9 nitrogen and oxygen atoms in total. The molecule has 1 amide bonds. The first-order valence-electron chi connectivity index (χ1n) is 8.18. The minimum absolute atomic E-state index is 0.0331. The molecule has 1 aliphatic rings. The molecule has 0 spiro atoms. The molecule has 0 radical (unpaired) electrons. The van der Waals surface area contributed by atoms with E-state index in [0.717, 1.165) is 0 Å². The molecular weight excluding hydrogens is 332 g/mol. The van der Waals surface area contributed by atoms with Crippen LogP contribution in [0.3, 0.4) is 0 Å². The van der Waals surface area contributed by atoms with Gasteiger partial charge in [0.05, 0.1) is 0 Å². The van der Waals surface area contributed by atoms with E-state index in [4.69, 9.17) is 19.4 Å². The van der Waals surface area contributed by atoms with Gasteiger partial charge in [-0.25, -0.2) is 9.59 Å². The smallest absolute Gasteiger partial charge is 0.409 e. The minimum Gasteiger partial charge on any atom is -0.478 e. The van der Waals surface area contributed by atoms with Crippen LogP contribution in [0.1, 0.15) is 46.5 Å². The topological polar surface area (TPSA) is 124 Å². The van der Waals surface area contributed by atoms with Gasteiger partial charge in [0.2, 0.25) is 6.10 Å². The van der Waals surface area contributed by atoms with E-state index in [1.807, 2.05) is 0 Å². The van der Waals surface area contributed by atoms with Gasteiger partial charge in [-0.2, -0.15) is 0 Å². The van der Waals surface area contributed by atoms with E-state index < -0.39 is 30.0 Å². The van der Waals surface area contributed by atoms with Crippen molar-refractivity contribution in [1.82, 2.24) is 5.32 Å². The predicted octanol–water partition coefficient (Wildman–Crippen LogP) is 1.70. The van der Waals surface area contributed by atoms with Crippen LogP contribution in [0.25, 0.3) is 0 Å². The number of carboxylic acids is 1. The Balaban J connectivity index is 2.44. The van der Waals surface area contributed by atoms with Gasteiger partial charge in [0, 0.05) is 38.0 Å². The molecule has 0 aliphatic carbocycles. The van der Waals surface area contributed by atoms with Crippen LogP contribution in [0.4, 0.5) is 4.79 Å². The second-order valence-corrected chi connectivity index (χ2v) is 6.72. The molecule has 9 heteroatoms. The highest BCUT2D eigenvalue weighted by Gasteiger charge is 2.26. The van der Waals surface area contributed by atoms with E-state index in [-0.39, 0.29) is 18.8 Å². The van der Waals surface area contributed by atoms with E-state index in [9.17, 15) is 14.4 Å². The van der Waals surface area contributed by atoms with Gasteiger partial charge in [0.25, 0.3) is 0 Å². The lowest BCUT2D eigenvalue weighted by Gasteiger charge is -2.29. The van der Waals surface area contributed by atoms with Gasteiger partial charge in [-0.3, -0.25) is 5.32 Å². The minimum atomic E-state index is -1.17. The van der Waals surface area contributed by atoms with Crippen LogP contribution >= 0.6 is 0 Å². The highest BCUT2D eigenvalue weighted by molar-refractivity contribution is 5.73. The number of carbonyl (C=O) groups excluding carboxylic acids is 2. The van der Waals surface area contributed by atoms with Gasteiger partial charge in [-0.05, 0) is 27.2 Å². The molecule has 2 N–H and O–H groups in total. The average Bonchev–Trinajstić information content (AvgIpc) is 2.48. The summed E-state index contributed by atoms with van der Waals surface area (Å²) in [5, 5.41) is 15.3. The summed E-state index contributed by atoms with van der Waals surface area (Å²) in [7, 11) is 0. The quantitative estimate of drug-likeness (QED) is 0.384. The van der Waals surface area contributed by atoms with Crippen LogP contribution in [0.2, 0.25) is 0 Å². The van der Waals surface area contributed by atoms with Crippen molar-refractivity contribution in [3.05, 3.63) is 0 Å². The van der Waals surface area contributed by atoms with Crippen molar-refractivity contribution in [3.8, 4) is 0 Å². The first-order valence-corrected chi connectivity index (χ1v) is 8.18. The van der Waals surface area contributed by atoms with Crippen molar-refractivity contribution in [2.45, 2.75) is 64.4 Å².